The van der Waals surface area contributed by atoms with Crippen molar-refractivity contribution < 1.29 is 4.79 Å². The molecule has 0 saturated heterocycles. The molecule has 0 bridgehead atoms. The standard InChI is InChI=1S/C11H18N2O/c1-4-6-9-8-13(3)11(14)12-10(9)7-5-2/h6H,4-5,7-8H2,1-3H3/b9-6-. The zero-order chi connectivity index (χ0) is 10.6. The van der Waals surface area contributed by atoms with Gasteiger partial charge in [0.15, 0.2) is 0 Å². The van der Waals surface area contributed by atoms with Gasteiger partial charge in [0.1, 0.15) is 0 Å². The van der Waals surface area contributed by atoms with Crippen LogP contribution in [0, 0.1) is 0 Å². The average molecular weight is 194 g/mol. The number of carbonyl (C=O) groups is 1. The molecular formula is C11H18N2O. The quantitative estimate of drug-likeness (QED) is 0.679. The fourth-order valence-electron chi connectivity index (χ4n) is 1.57. The lowest BCUT2D eigenvalue weighted by Gasteiger charge is -2.23. The summed E-state index contributed by atoms with van der Waals surface area (Å²) in [5, 5.41) is 0. The molecule has 0 fully saturated rings. The highest BCUT2D eigenvalue weighted by Crippen LogP contribution is 2.14. The molecule has 0 aliphatic carbocycles. The molecule has 1 rings (SSSR count). The largest absolute Gasteiger partial charge is 0.343 e. The van der Waals surface area contributed by atoms with Gasteiger partial charge in [0.25, 0.3) is 0 Å². The molecule has 0 unspecified atom stereocenters. The Kier molecular flexibility index (Phi) is 3.86. The Morgan fingerprint density at radius 1 is 1.50 bits per heavy atom. The first-order valence-corrected chi connectivity index (χ1v) is 5.21. The summed E-state index contributed by atoms with van der Waals surface area (Å²) in [6.07, 6.45) is 5.11. The van der Waals surface area contributed by atoms with Gasteiger partial charge in [-0.3, -0.25) is 0 Å². The minimum Gasteiger partial charge on any atom is -0.322 e. The van der Waals surface area contributed by atoms with E-state index in [-0.39, 0.29) is 6.03 Å². The Balaban J connectivity index is 2.89. The van der Waals surface area contributed by atoms with E-state index in [4.69, 9.17) is 0 Å². The predicted molar refractivity (Wildman–Crippen MR) is 58.7 cm³/mol. The fourth-order valence-corrected chi connectivity index (χ4v) is 1.57. The SMILES string of the molecule is CC/C=C1/CN(C)C(=O)N=C1CCC. The van der Waals surface area contributed by atoms with Crippen LogP contribution in [0.1, 0.15) is 33.1 Å². The van der Waals surface area contributed by atoms with Gasteiger partial charge in [-0.05, 0) is 18.4 Å². The van der Waals surface area contributed by atoms with Crippen LogP contribution in [0.4, 0.5) is 4.79 Å². The maximum absolute atomic E-state index is 11.3. The monoisotopic (exact) mass is 194 g/mol. The molecule has 0 N–H and O–H groups in total. The van der Waals surface area contributed by atoms with E-state index in [1.165, 1.54) is 5.57 Å². The molecule has 0 saturated carbocycles. The molecular weight excluding hydrogens is 176 g/mol. The van der Waals surface area contributed by atoms with Crippen LogP contribution in [-0.2, 0) is 0 Å². The number of nitrogens with zero attached hydrogens (tertiary/aromatic N) is 2. The van der Waals surface area contributed by atoms with Gasteiger partial charge in [-0.2, -0.15) is 4.99 Å². The minimum atomic E-state index is -0.110. The number of hydrogen-bond donors (Lipinski definition) is 0. The van der Waals surface area contributed by atoms with Crippen molar-refractivity contribution in [3.8, 4) is 0 Å². The number of carbonyl (C=O) groups excluding carboxylic acids is 1. The van der Waals surface area contributed by atoms with E-state index < -0.39 is 0 Å². The lowest BCUT2D eigenvalue weighted by Crippen LogP contribution is -2.33. The average Bonchev–Trinajstić information content (AvgIpc) is 2.14. The molecule has 0 aromatic heterocycles. The molecule has 14 heavy (non-hydrogen) atoms. The van der Waals surface area contributed by atoms with E-state index >= 15 is 0 Å². The third-order valence-corrected chi connectivity index (χ3v) is 2.27. The molecule has 0 aromatic carbocycles. The van der Waals surface area contributed by atoms with Gasteiger partial charge in [-0.25, -0.2) is 4.79 Å². The van der Waals surface area contributed by atoms with Crippen molar-refractivity contribution in [2.45, 2.75) is 33.1 Å². The molecule has 3 heteroatoms. The Labute approximate surface area is 85.5 Å². The van der Waals surface area contributed by atoms with Crippen molar-refractivity contribution in [3.05, 3.63) is 11.6 Å². The van der Waals surface area contributed by atoms with Crippen LogP contribution in [0.15, 0.2) is 16.6 Å². The van der Waals surface area contributed by atoms with Crippen molar-refractivity contribution in [3.63, 3.8) is 0 Å². The van der Waals surface area contributed by atoms with E-state index in [2.05, 4.69) is 24.9 Å². The summed E-state index contributed by atoms with van der Waals surface area (Å²) in [6.45, 7) is 4.92. The first-order valence-electron chi connectivity index (χ1n) is 5.21. The second kappa shape index (κ2) is 4.94. The number of amides is 2. The number of likely N-dealkylation sites (N-methyl/N-ethyl adjacent to an activating group) is 1. The first-order chi connectivity index (χ1) is 6.69. The van der Waals surface area contributed by atoms with Gasteiger partial charge >= 0.3 is 6.03 Å². The molecule has 1 aliphatic heterocycles. The smallest absolute Gasteiger partial charge is 0.322 e. The highest BCUT2D eigenvalue weighted by molar-refractivity contribution is 6.08. The van der Waals surface area contributed by atoms with Crippen LogP contribution in [0.2, 0.25) is 0 Å². The summed E-state index contributed by atoms with van der Waals surface area (Å²) in [5.41, 5.74) is 2.20. The van der Waals surface area contributed by atoms with Gasteiger partial charge in [0, 0.05) is 13.6 Å². The number of hydrogen-bond acceptors (Lipinski definition) is 1. The summed E-state index contributed by atoms with van der Waals surface area (Å²) in [5.74, 6) is 0. The number of aliphatic imine (C=N–C) groups is 1. The van der Waals surface area contributed by atoms with E-state index in [1.54, 1.807) is 11.9 Å². The van der Waals surface area contributed by atoms with Crippen molar-refractivity contribution in [1.82, 2.24) is 4.90 Å². The van der Waals surface area contributed by atoms with E-state index in [1.807, 2.05) is 0 Å². The Morgan fingerprint density at radius 3 is 2.79 bits per heavy atom. The van der Waals surface area contributed by atoms with Crippen LogP contribution in [0.25, 0.3) is 0 Å². The number of allylic oxidation sites excluding steroid dienone is 1. The Morgan fingerprint density at radius 2 is 2.21 bits per heavy atom. The number of rotatable bonds is 3. The molecule has 0 spiro atoms. The van der Waals surface area contributed by atoms with Crippen LogP contribution in [-0.4, -0.2) is 30.2 Å². The normalized spacial score (nSPS) is 20.2. The third-order valence-electron chi connectivity index (χ3n) is 2.27. The Hall–Kier alpha value is -1.12. The molecule has 0 radical (unpaired) electrons. The summed E-state index contributed by atoms with van der Waals surface area (Å²) in [4.78, 5) is 17.1. The van der Waals surface area contributed by atoms with Gasteiger partial charge in [-0.1, -0.05) is 26.3 Å². The summed E-state index contributed by atoms with van der Waals surface area (Å²) in [6, 6.07) is -0.110. The van der Waals surface area contributed by atoms with E-state index in [0.717, 1.165) is 25.0 Å². The van der Waals surface area contributed by atoms with E-state index in [9.17, 15) is 4.79 Å². The van der Waals surface area contributed by atoms with Crippen molar-refractivity contribution in [2.75, 3.05) is 13.6 Å². The molecule has 1 heterocycles. The summed E-state index contributed by atoms with van der Waals surface area (Å²) in [7, 11) is 1.79. The second-order valence-corrected chi connectivity index (χ2v) is 3.58. The van der Waals surface area contributed by atoms with Gasteiger partial charge in [0.05, 0.1) is 5.71 Å². The first kappa shape index (κ1) is 11.0. The van der Waals surface area contributed by atoms with E-state index in [0.29, 0.717) is 6.54 Å². The highest BCUT2D eigenvalue weighted by Gasteiger charge is 2.19. The topological polar surface area (TPSA) is 32.7 Å². The summed E-state index contributed by atoms with van der Waals surface area (Å²) < 4.78 is 0. The van der Waals surface area contributed by atoms with Crippen LogP contribution in [0.5, 0.6) is 0 Å². The van der Waals surface area contributed by atoms with Crippen molar-refractivity contribution in [1.29, 1.82) is 0 Å². The van der Waals surface area contributed by atoms with Gasteiger partial charge in [-0.15, -0.1) is 0 Å². The van der Waals surface area contributed by atoms with Crippen LogP contribution in [0.3, 0.4) is 0 Å². The lowest BCUT2D eigenvalue weighted by molar-refractivity contribution is 0.221. The fraction of sp³-hybridized carbons (Fsp3) is 0.636. The van der Waals surface area contributed by atoms with Crippen molar-refractivity contribution >= 4 is 11.7 Å². The maximum atomic E-state index is 11.3. The van der Waals surface area contributed by atoms with Gasteiger partial charge < -0.3 is 4.90 Å². The Bertz CT molecular complexity index is 279. The summed E-state index contributed by atoms with van der Waals surface area (Å²) >= 11 is 0. The molecule has 0 atom stereocenters. The van der Waals surface area contributed by atoms with Crippen LogP contribution >= 0.6 is 0 Å². The predicted octanol–water partition coefficient (Wildman–Crippen LogP) is 2.63. The molecule has 1 aliphatic rings. The van der Waals surface area contributed by atoms with Crippen molar-refractivity contribution in [2.24, 2.45) is 4.99 Å². The second-order valence-electron chi connectivity index (χ2n) is 3.58. The highest BCUT2D eigenvalue weighted by atomic mass is 16.2. The number of urea groups is 1. The molecule has 3 nitrogen and oxygen atoms in total. The molecule has 2 amide bonds. The zero-order valence-corrected chi connectivity index (χ0v) is 9.21. The van der Waals surface area contributed by atoms with Gasteiger partial charge in [0.2, 0.25) is 0 Å². The molecule has 78 valence electrons. The third kappa shape index (κ3) is 2.44. The lowest BCUT2D eigenvalue weighted by atomic mass is 10.0. The van der Waals surface area contributed by atoms with Crippen LogP contribution < -0.4 is 0 Å². The zero-order valence-electron chi connectivity index (χ0n) is 9.21. The minimum absolute atomic E-state index is 0.110. The molecule has 0 aromatic rings. The maximum Gasteiger partial charge on any atom is 0.343 e.